The summed E-state index contributed by atoms with van der Waals surface area (Å²) in [5.74, 6) is 0.730. The first-order valence-electron chi connectivity index (χ1n) is 9.12. The molecule has 132 valence electrons. The van der Waals surface area contributed by atoms with Crippen LogP contribution in [-0.4, -0.2) is 26.1 Å². The largest absolute Gasteiger partial charge is 0.487 e. The summed E-state index contributed by atoms with van der Waals surface area (Å²) in [7, 11) is 0. The molecular weight excluding hydrogens is 328 g/mol. The number of rotatable bonds is 2. The Bertz CT molecular complexity index is 975. The summed E-state index contributed by atoms with van der Waals surface area (Å²) in [6, 6.07) is 11.6. The van der Waals surface area contributed by atoms with Crippen molar-refractivity contribution in [3.05, 3.63) is 60.0 Å². The van der Waals surface area contributed by atoms with Gasteiger partial charge in [0, 0.05) is 18.2 Å². The molecule has 1 aliphatic carbocycles. The summed E-state index contributed by atoms with van der Waals surface area (Å²) in [6.07, 6.45) is 8.49. The van der Waals surface area contributed by atoms with E-state index in [1.165, 1.54) is 12.8 Å². The van der Waals surface area contributed by atoms with E-state index in [4.69, 9.17) is 4.74 Å². The van der Waals surface area contributed by atoms with E-state index in [2.05, 4.69) is 15.4 Å². The van der Waals surface area contributed by atoms with Gasteiger partial charge in [-0.25, -0.2) is 9.50 Å². The number of imidazole rings is 1. The fourth-order valence-electron chi connectivity index (χ4n) is 4.29. The van der Waals surface area contributed by atoms with Crippen LogP contribution in [0.2, 0.25) is 0 Å². The Kier molecular flexibility index (Phi) is 3.45. The van der Waals surface area contributed by atoms with Crippen LogP contribution in [0.1, 0.15) is 54.2 Å². The molecule has 2 aliphatic rings. The molecule has 1 amide bonds. The number of fused-ring (bicyclic) bond motifs is 2. The van der Waals surface area contributed by atoms with E-state index in [1.807, 2.05) is 36.4 Å². The van der Waals surface area contributed by atoms with E-state index in [9.17, 15) is 4.79 Å². The van der Waals surface area contributed by atoms with E-state index in [-0.39, 0.29) is 17.6 Å². The summed E-state index contributed by atoms with van der Waals surface area (Å²) in [5, 5.41) is 7.44. The molecule has 2 aromatic heterocycles. The van der Waals surface area contributed by atoms with Crippen molar-refractivity contribution in [2.24, 2.45) is 0 Å². The Morgan fingerprint density at radius 1 is 1.19 bits per heavy atom. The monoisotopic (exact) mass is 348 g/mol. The van der Waals surface area contributed by atoms with Gasteiger partial charge in [-0.15, -0.1) is 0 Å². The summed E-state index contributed by atoms with van der Waals surface area (Å²) in [6.45, 7) is 0. The minimum absolute atomic E-state index is 0.0696. The molecular formula is C20H20N4O2. The van der Waals surface area contributed by atoms with Crippen molar-refractivity contribution < 1.29 is 9.53 Å². The Balaban J connectivity index is 1.48. The smallest absolute Gasteiger partial charge is 0.272 e. The minimum atomic E-state index is -0.161. The van der Waals surface area contributed by atoms with E-state index in [1.54, 1.807) is 16.9 Å². The third-order valence-corrected chi connectivity index (χ3v) is 5.53. The van der Waals surface area contributed by atoms with Gasteiger partial charge in [0.25, 0.3) is 5.91 Å². The van der Waals surface area contributed by atoms with E-state index < -0.39 is 0 Å². The van der Waals surface area contributed by atoms with Crippen molar-refractivity contribution in [2.75, 3.05) is 0 Å². The zero-order valence-corrected chi connectivity index (χ0v) is 14.4. The quantitative estimate of drug-likeness (QED) is 0.771. The van der Waals surface area contributed by atoms with Gasteiger partial charge >= 0.3 is 0 Å². The number of nitrogens with one attached hydrogen (secondary N) is 1. The van der Waals surface area contributed by atoms with Crippen LogP contribution in [0.4, 0.5) is 0 Å². The first-order valence-corrected chi connectivity index (χ1v) is 9.12. The second kappa shape index (κ2) is 5.83. The standard InChI is InChI=1S/C20H20N4O2/c25-19(16-13-21-18-8-5-11-22-24(16)18)23-15-12-20(9-3-4-10-20)26-17-7-2-1-6-14(15)17/h1-2,5-8,11,13,15H,3-4,9-10,12H2,(H,23,25)/t15-/m0/s1. The van der Waals surface area contributed by atoms with Gasteiger partial charge < -0.3 is 10.1 Å². The number of hydrogen-bond donors (Lipinski definition) is 1. The second-order valence-electron chi connectivity index (χ2n) is 7.20. The van der Waals surface area contributed by atoms with E-state index in [0.29, 0.717) is 11.3 Å². The number of aromatic nitrogens is 3. The summed E-state index contributed by atoms with van der Waals surface area (Å²) >= 11 is 0. The molecule has 1 spiro atoms. The van der Waals surface area contributed by atoms with Gasteiger partial charge in [0.1, 0.15) is 17.0 Å². The highest BCUT2D eigenvalue weighted by molar-refractivity contribution is 5.93. The third kappa shape index (κ3) is 2.44. The molecule has 1 aromatic carbocycles. The highest BCUT2D eigenvalue weighted by Crippen LogP contribution is 2.47. The van der Waals surface area contributed by atoms with Gasteiger partial charge in [-0.05, 0) is 43.9 Å². The van der Waals surface area contributed by atoms with Crippen LogP contribution in [0, 0.1) is 0 Å². The molecule has 1 fully saturated rings. The fourth-order valence-corrected chi connectivity index (χ4v) is 4.29. The predicted molar refractivity (Wildman–Crippen MR) is 96.1 cm³/mol. The maximum Gasteiger partial charge on any atom is 0.272 e. The maximum atomic E-state index is 12.9. The number of nitrogens with zero attached hydrogens (tertiary/aromatic N) is 3. The molecule has 1 N–H and O–H groups in total. The van der Waals surface area contributed by atoms with Crippen molar-refractivity contribution in [3.8, 4) is 5.75 Å². The summed E-state index contributed by atoms with van der Waals surface area (Å²) in [5.41, 5.74) is 2.01. The molecule has 26 heavy (non-hydrogen) atoms. The Hall–Kier alpha value is -2.89. The van der Waals surface area contributed by atoms with Crippen LogP contribution in [-0.2, 0) is 0 Å². The average molecular weight is 348 g/mol. The van der Waals surface area contributed by atoms with Crippen LogP contribution in [0.5, 0.6) is 5.75 Å². The highest BCUT2D eigenvalue weighted by Gasteiger charge is 2.43. The molecule has 6 nitrogen and oxygen atoms in total. The highest BCUT2D eigenvalue weighted by atomic mass is 16.5. The first-order chi connectivity index (χ1) is 12.7. The molecule has 0 unspecified atom stereocenters. The van der Waals surface area contributed by atoms with Crippen LogP contribution in [0.25, 0.3) is 5.65 Å². The summed E-state index contributed by atoms with van der Waals surface area (Å²) < 4.78 is 7.95. The van der Waals surface area contributed by atoms with Crippen LogP contribution >= 0.6 is 0 Å². The molecule has 0 bridgehead atoms. The third-order valence-electron chi connectivity index (χ3n) is 5.53. The van der Waals surface area contributed by atoms with Gasteiger partial charge in [-0.1, -0.05) is 18.2 Å². The van der Waals surface area contributed by atoms with Gasteiger partial charge in [0.2, 0.25) is 0 Å². The second-order valence-corrected chi connectivity index (χ2v) is 7.20. The normalized spacial score (nSPS) is 20.7. The number of para-hydroxylation sites is 1. The molecule has 0 saturated heterocycles. The Morgan fingerprint density at radius 3 is 2.92 bits per heavy atom. The van der Waals surface area contributed by atoms with Crippen molar-refractivity contribution in [2.45, 2.75) is 43.7 Å². The van der Waals surface area contributed by atoms with Gasteiger partial charge in [0.05, 0.1) is 12.2 Å². The lowest BCUT2D eigenvalue weighted by Crippen LogP contribution is -2.43. The van der Waals surface area contributed by atoms with Crippen molar-refractivity contribution >= 4 is 11.6 Å². The number of carbonyl (C=O) groups excluding carboxylic acids is 1. The van der Waals surface area contributed by atoms with Crippen molar-refractivity contribution in [1.82, 2.24) is 19.9 Å². The number of ether oxygens (including phenoxy) is 1. The zero-order chi connectivity index (χ0) is 17.6. The zero-order valence-electron chi connectivity index (χ0n) is 14.4. The topological polar surface area (TPSA) is 68.5 Å². The van der Waals surface area contributed by atoms with E-state index in [0.717, 1.165) is 30.6 Å². The Morgan fingerprint density at radius 2 is 2.04 bits per heavy atom. The lowest BCUT2D eigenvalue weighted by Gasteiger charge is -2.40. The van der Waals surface area contributed by atoms with Gasteiger partial charge in [-0.2, -0.15) is 5.10 Å². The van der Waals surface area contributed by atoms with Crippen molar-refractivity contribution in [3.63, 3.8) is 0 Å². The molecule has 6 heteroatoms. The average Bonchev–Trinajstić information content (AvgIpc) is 3.29. The molecule has 0 radical (unpaired) electrons. The number of carbonyl (C=O) groups is 1. The van der Waals surface area contributed by atoms with Crippen LogP contribution < -0.4 is 10.1 Å². The van der Waals surface area contributed by atoms with Crippen LogP contribution in [0.3, 0.4) is 0 Å². The fraction of sp³-hybridized carbons (Fsp3) is 0.350. The molecule has 3 heterocycles. The SMILES string of the molecule is O=C(N[C@H]1CC2(CCCC2)Oc2ccccc21)c1cnc2cccnn12. The number of benzene rings is 1. The summed E-state index contributed by atoms with van der Waals surface area (Å²) in [4.78, 5) is 17.2. The number of amides is 1. The van der Waals surface area contributed by atoms with E-state index >= 15 is 0 Å². The molecule has 1 saturated carbocycles. The molecule has 1 atom stereocenters. The lowest BCUT2D eigenvalue weighted by atomic mass is 9.86. The number of hydrogen-bond acceptors (Lipinski definition) is 4. The van der Waals surface area contributed by atoms with Crippen molar-refractivity contribution in [1.29, 1.82) is 0 Å². The predicted octanol–water partition coefficient (Wildman–Crippen LogP) is 3.30. The molecule has 5 rings (SSSR count). The Labute approximate surface area is 151 Å². The van der Waals surface area contributed by atoms with Gasteiger partial charge in [-0.3, -0.25) is 4.79 Å². The van der Waals surface area contributed by atoms with Gasteiger partial charge in [0.15, 0.2) is 5.65 Å². The van der Waals surface area contributed by atoms with Crippen LogP contribution in [0.15, 0.2) is 48.8 Å². The molecule has 3 aromatic rings. The molecule has 1 aliphatic heterocycles. The first kappa shape index (κ1) is 15.4. The maximum absolute atomic E-state index is 12.9. The lowest BCUT2D eigenvalue weighted by molar-refractivity contribution is 0.0359. The minimum Gasteiger partial charge on any atom is -0.487 e.